The van der Waals surface area contributed by atoms with Crippen molar-refractivity contribution in [3.05, 3.63) is 70.6 Å². The van der Waals surface area contributed by atoms with E-state index in [0.717, 1.165) is 11.1 Å². The zero-order chi connectivity index (χ0) is 16.7. The van der Waals surface area contributed by atoms with Gasteiger partial charge in [-0.2, -0.15) is 5.10 Å². The summed E-state index contributed by atoms with van der Waals surface area (Å²) in [5.41, 5.74) is 3.01. The van der Waals surface area contributed by atoms with Crippen molar-refractivity contribution in [2.24, 2.45) is 7.05 Å². The van der Waals surface area contributed by atoms with Crippen LogP contribution in [0.5, 0.6) is 0 Å². The molecule has 0 aliphatic heterocycles. The van der Waals surface area contributed by atoms with Crippen molar-refractivity contribution < 1.29 is 0 Å². The molecule has 7 heteroatoms. The summed E-state index contributed by atoms with van der Waals surface area (Å²) in [7, 11) is 1.84. The predicted molar refractivity (Wildman–Crippen MR) is 92.3 cm³/mol. The number of aryl methyl sites for hydroxylation is 1. The number of rotatable bonds is 2. The van der Waals surface area contributed by atoms with Gasteiger partial charge in [-0.3, -0.25) is 19.0 Å². The van der Waals surface area contributed by atoms with Crippen molar-refractivity contribution in [2.75, 3.05) is 0 Å². The molecule has 0 aliphatic rings. The lowest BCUT2D eigenvalue weighted by Crippen LogP contribution is -2.19. The van der Waals surface area contributed by atoms with E-state index in [1.54, 1.807) is 52.1 Å². The molecule has 0 saturated heterocycles. The lowest BCUT2D eigenvalue weighted by atomic mass is 10.1. The third-order valence-corrected chi connectivity index (χ3v) is 4.01. The van der Waals surface area contributed by atoms with Gasteiger partial charge in [0, 0.05) is 53.7 Å². The molecule has 0 fully saturated rings. The number of halogens is 1. The number of fused-ring (bicyclic) bond motifs is 1. The van der Waals surface area contributed by atoms with Gasteiger partial charge < -0.3 is 0 Å². The highest BCUT2D eigenvalue weighted by Crippen LogP contribution is 2.25. The van der Waals surface area contributed by atoms with Crippen molar-refractivity contribution >= 4 is 22.6 Å². The fourth-order valence-electron chi connectivity index (χ4n) is 2.62. The van der Waals surface area contributed by atoms with Crippen molar-refractivity contribution in [3.8, 4) is 16.8 Å². The van der Waals surface area contributed by atoms with Gasteiger partial charge in [-0.15, -0.1) is 0 Å². The maximum atomic E-state index is 12.8. The summed E-state index contributed by atoms with van der Waals surface area (Å²) in [5, 5.41) is 4.81. The van der Waals surface area contributed by atoms with E-state index in [4.69, 9.17) is 11.6 Å². The average Bonchev–Trinajstić information content (AvgIpc) is 3.03. The number of benzene rings is 1. The molecule has 4 aromatic rings. The lowest BCUT2D eigenvalue weighted by Gasteiger charge is -2.10. The first-order chi connectivity index (χ1) is 11.6. The molecule has 6 nitrogen and oxygen atoms in total. The first-order valence-electron chi connectivity index (χ1n) is 7.25. The molecule has 4 rings (SSSR count). The SMILES string of the molecule is Cn1cc(-c2cn(-c3ccc(Cl)cc3)c(=O)c3nccnc23)cn1. The highest BCUT2D eigenvalue weighted by molar-refractivity contribution is 6.30. The lowest BCUT2D eigenvalue weighted by molar-refractivity contribution is 0.768. The average molecular weight is 338 g/mol. The summed E-state index contributed by atoms with van der Waals surface area (Å²) in [6.45, 7) is 0. The van der Waals surface area contributed by atoms with Gasteiger partial charge in [0.1, 0.15) is 5.52 Å². The second-order valence-corrected chi connectivity index (χ2v) is 5.79. The number of hydrogen-bond acceptors (Lipinski definition) is 4. The Kier molecular flexibility index (Phi) is 3.39. The maximum absolute atomic E-state index is 12.8. The number of pyridine rings is 1. The van der Waals surface area contributed by atoms with Gasteiger partial charge in [0.05, 0.1) is 6.20 Å². The largest absolute Gasteiger partial charge is 0.283 e. The van der Waals surface area contributed by atoms with Crippen LogP contribution in [0, 0.1) is 0 Å². The summed E-state index contributed by atoms with van der Waals surface area (Å²) in [6.07, 6.45) is 8.47. The third-order valence-electron chi connectivity index (χ3n) is 3.75. The van der Waals surface area contributed by atoms with Crippen LogP contribution < -0.4 is 5.56 Å². The molecule has 0 atom stereocenters. The van der Waals surface area contributed by atoms with Gasteiger partial charge in [0.15, 0.2) is 5.52 Å². The number of hydrogen-bond donors (Lipinski definition) is 0. The molecule has 0 bridgehead atoms. The Balaban J connectivity index is 2.07. The minimum Gasteiger partial charge on any atom is -0.282 e. The zero-order valence-corrected chi connectivity index (χ0v) is 13.5. The monoisotopic (exact) mass is 337 g/mol. The van der Waals surface area contributed by atoms with Gasteiger partial charge in [-0.05, 0) is 24.3 Å². The van der Waals surface area contributed by atoms with Crippen LogP contribution in [0.25, 0.3) is 27.8 Å². The molecular weight excluding hydrogens is 326 g/mol. The van der Waals surface area contributed by atoms with Crippen molar-refractivity contribution in [2.45, 2.75) is 0 Å². The minimum absolute atomic E-state index is 0.229. The third kappa shape index (κ3) is 2.37. The van der Waals surface area contributed by atoms with Crippen molar-refractivity contribution in [3.63, 3.8) is 0 Å². The highest BCUT2D eigenvalue weighted by atomic mass is 35.5. The molecule has 0 spiro atoms. The molecule has 0 saturated carbocycles. The van der Waals surface area contributed by atoms with E-state index < -0.39 is 0 Å². The topological polar surface area (TPSA) is 65.6 Å². The molecule has 0 unspecified atom stereocenters. The molecule has 24 heavy (non-hydrogen) atoms. The Morgan fingerprint density at radius 1 is 1.00 bits per heavy atom. The second kappa shape index (κ2) is 5.58. The summed E-state index contributed by atoms with van der Waals surface area (Å²) in [6, 6.07) is 7.07. The first kappa shape index (κ1) is 14.6. The summed E-state index contributed by atoms with van der Waals surface area (Å²) < 4.78 is 3.25. The molecule has 0 N–H and O–H groups in total. The van der Waals surface area contributed by atoms with Crippen LogP contribution in [0.15, 0.2) is 60.0 Å². The molecule has 3 heterocycles. The molecule has 0 aliphatic carbocycles. The Hall–Kier alpha value is -2.99. The van der Waals surface area contributed by atoms with Gasteiger partial charge >= 0.3 is 0 Å². The molecule has 3 aromatic heterocycles. The van der Waals surface area contributed by atoms with Crippen LogP contribution >= 0.6 is 11.6 Å². The smallest absolute Gasteiger partial charge is 0.282 e. The van der Waals surface area contributed by atoms with Crippen molar-refractivity contribution in [1.29, 1.82) is 0 Å². The van der Waals surface area contributed by atoms with Gasteiger partial charge in [-0.1, -0.05) is 11.6 Å². The van der Waals surface area contributed by atoms with E-state index in [9.17, 15) is 4.79 Å². The summed E-state index contributed by atoms with van der Waals surface area (Å²) in [5.74, 6) is 0. The van der Waals surface area contributed by atoms with Crippen LogP contribution in [0.1, 0.15) is 0 Å². The quantitative estimate of drug-likeness (QED) is 0.564. The molecular formula is C17H12ClN5O. The zero-order valence-electron chi connectivity index (χ0n) is 12.7. The van der Waals surface area contributed by atoms with Crippen LogP contribution in [0.2, 0.25) is 5.02 Å². The first-order valence-corrected chi connectivity index (χ1v) is 7.62. The Bertz CT molecular complexity index is 1100. The second-order valence-electron chi connectivity index (χ2n) is 5.35. The Labute approximate surface area is 142 Å². The van der Waals surface area contributed by atoms with E-state index in [2.05, 4.69) is 15.1 Å². The molecule has 0 radical (unpaired) electrons. The fourth-order valence-corrected chi connectivity index (χ4v) is 2.75. The van der Waals surface area contributed by atoms with E-state index in [-0.39, 0.29) is 5.56 Å². The van der Waals surface area contributed by atoms with E-state index >= 15 is 0 Å². The summed E-state index contributed by atoms with van der Waals surface area (Å²) in [4.78, 5) is 21.4. The molecule has 118 valence electrons. The normalized spacial score (nSPS) is 11.1. The van der Waals surface area contributed by atoms with Gasteiger partial charge in [0.25, 0.3) is 5.56 Å². The summed E-state index contributed by atoms with van der Waals surface area (Å²) >= 11 is 5.94. The number of aromatic nitrogens is 5. The molecule has 1 aromatic carbocycles. The minimum atomic E-state index is -0.229. The highest BCUT2D eigenvalue weighted by Gasteiger charge is 2.14. The van der Waals surface area contributed by atoms with E-state index in [1.165, 1.54) is 6.20 Å². The van der Waals surface area contributed by atoms with Crippen LogP contribution in [-0.2, 0) is 7.05 Å². The van der Waals surface area contributed by atoms with Gasteiger partial charge in [0.2, 0.25) is 0 Å². The van der Waals surface area contributed by atoms with Crippen LogP contribution in [0.4, 0.5) is 0 Å². The maximum Gasteiger partial charge on any atom is 0.283 e. The van der Waals surface area contributed by atoms with Gasteiger partial charge in [-0.25, -0.2) is 4.98 Å². The van der Waals surface area contributed by atoms with E-state index in [0.29, 0.717) is 21.7 Å². The Morgan fingerprint density at radius 2 is 1.71 bits per heavy atom. The molecule has 0 amide bonds. The standard InChI is InChI=1S/C17H12ClN5O/c1-22-9-11(8-21-22)14-10-23(13-4-2-12(18)3-5-13)17(24)16-15(14)19-6-7-20-16/h2-10H,1H3. The Morgan fingerprint density at radius 3 is 2.38 bits per heavy atom. The van der Waals surface area contributed by atoms with Crippen molar-refractivity contribution in [1.82, 2.24) is 24.3 Å². The van der Waals surface area contributed by atoms with Crippen LogP contribution in [0.3, 0.4) is 0 Å². The number of nitrogens with zero attached hydrogens (tertiary/aromatic N) is 5. The van der Waals surface area contributed by atoms with E-state index in [1.807, 2.05) is 13.2 Å². The van der Waals surface area contributed by atoms with Crippen LogP contribution in [-0.4, -0.2) is 24.3 Å². The predicted octanol–water partition coefficient (Wildman–Crippen LogP) is 2.83. The fraction of sp³-hybridized carbons (Fsp3) is 0.0588.